The molecule has 1 heterocycles. The zero-order valence-electron chi connectivity index (χ0n) is 30.1. The van der Waals surface area contributed by atoms with Gasteiger partial charge in [-0.25, -0.2) is 0 Å². The predicted molar refractivity (Wildman–Crippen MR) is 199 cm³/mol. The summed E-state index contributed by atoms with van der Waals surface area (Å²) in [4.78, 5) is 47.6. The minimum atomic E-state index is -1.31. The number of rotatable bonds is 14. The zero-order valence-corrected chi connectivity index (χ0v) is 30.1. The van der Waals surface area contributed by atoms with Crippen molar-refractivity contribution in [3.8, 4) is 29.1 Å². The van der Waals surface area contributed by atoms with Gasteiger partial charge in [0.15, 0.2) is 17.1 Å². The number of nitrogens with one attached hydrogen (secondary N) is 3. The SMILES string of the molecule is CNC(=O)CNC(=O)C(C)(C)Oc1ccccc1Oc1ccc(Nc2c(C#N)cnc3cc(N(C)N(OC)C(=O)c4ccccc4)c(OC)cc23)cc1. The molecule has 3 amide bonds. The third-order valence-corrected chi connectivity index (χ3v) is 8.08. The molecule has 0 fully saturated rings. The number of carbonyl (C=O) groups excluding carboxylic acids is 3. The molecular weight excluding hydrogens is 678 g/mol. The van der Waals surface area contributed by atoms with Crippen molar-refractivity contribution in [1.29, 1.82) is 5.26 Å². The first-order valence-corrected chi connectivity index (χ1v) is 16.4. The van der Waals surface area contributed by atoms with Crippen LogP contribution < -0.4 is 35.2 Å². The molecule has 14 heteroatoms. The molecule has 0 aliphatic carbocycles. The number of benzene rings is 4. The predicted octanol–water partition coefficient (Wildman–Crippen LogP) is 5.73. The Kier molecular flexibility index (Phi) is 11.6. The summed E-state index contributed by atoms with van der Waals surface area (Å²) >= 11 is 0. The van der Waals surface area contributed by atoms with Crippen molar-refractivity contribution in [2.75, 3.05) is 45.2 Å². The molecule has 0 saturated heterocycles. The van der Waals surface area contributed by atoms with Gasteiger partial charge in [0.1, 0.15) is 23.3 Å². The maximum atomic E-state index is 13.3. The van der Waals surface area contributed by atoms with E-state index in [2.05, 4.69) is 27.0 Å². The lowest BCUT2D eigenvalue weighted by Crippen LogP contribution is -2.49. The number of hydrazine groups is 1. The van der Waals surface area contributed by atoms with E-state index in [0.29, 0.717) is 62.1 Å². The molecule has 14 nitrogen and oxygen atoms in total. The Bertz CT molecular complexity index is 2150. The van der Waals surface area contributed by atoms with Gasteiger partial charge >= 0.3 is 0 Å². The molecule has 0 bridgehead atoms. The monoisotopic (exact) mass is 717 g/mol. The molecule has 0 spiro atoms. The first kappa shape index (κ1) is 37.4. The second kappa shape index (κ2) is 16.4. The highest BCUT2D eigenvalue weighted by Crippen LogP contribution is 2.39. The summed E-state index contributed by atoms with van der Waals surface area (Å²) in [5.74, 6) is 0.396. The molecule has 4 aromatic carbocycles. The van der Waals surface area contributed by atoms with Gasteiger partial charge < -0.3 is 30.2 Å². The molecule has 0 atom stereocenters. The van der Waals surface area contributed by atoms with Gasteiger partial charge in [0.2, 0.25) is 5.91 Å². The fourth-order valence-corrected chi connectivity index (χ4v) is 5.25. The molecule has 1 aromatic heterocycles. The second-order valence-corrected chi connectivity index (χ2v) is 12.0. The molecular formula is C39H39N7O7. The lowest BCUT2D eigenvalue weighted by atomic mass is 10.1. The Morgan fingerprint density at radius 2 is 1.58 bits per heavy atom. The number of hydrogen-bond donors (Lipinski definition) is 3. The van der Waals surface area contributed by atoms with Crippen molar-refractivity contribution in [2.24, 2.45) is 0 Å². The maximum Gasteiger partial charge on any atom is 0.297 e. The van der Waals surface area contributed by atoms with Crippen LogP contribution in [0.3, 0.4) is 0 Å². The molecule has 5 aromatic rings. The van der Waals surface area contributed by atoms with Crippen molar-refractivity contribution in [3.63, 3.8) is 0 Å². The van der Waals surface area contributed by atoms with Gasteiger partial charge in [-0.2, -0.15) is 5.26 Å². The topological polar surface area (TPSA) is 167 Å². The molecule has 272 valence electrons. The maximum absolute atomic E-state index is 13.3. The number of likely N-dealkylation sites (N-methyl/N-ethyl adjacent to an activating group) is 1. The molecule has 0 aliphatic heterocycles. The van der Waals surface area contributed by atoms with Gasteiger partial charge in [-0.3, -0.25) is 29.2 Å². The van der Waals surface area contributed by atoms with Crippen molar-refractivity contribution in [2.45, 2.75) is 19.4 Å². The van der Waals surface area contributed by atoms with Crippen LogP contribution in [0.4, 0.5) is 17.1 Å². The van der Waals surface area contributed by atoms with Crippen LogP contribution in [0.5, 0.6) is 23.0 Å². The summed E-state index contributed by atoms with van der Waals surface area (Å²) in [5, 5.41) is 21.6. The van der Waals surface area contributed by atoms with Gasteiger partial charge in [0.05, 0.1) is 37.5 Å². The summed E-state index contributed by atoms with van der Waals surface area (Å²) in [6.07, 6.45) is 1.47. The lowest BCUT2D eigenvalue weighted by molar-refractivity contribution is -0.135. The zero-order chi connectivity index (χ0) is 38.1. The molecule has 5 rings (SSSR count). The van der Waals surface area contributed by atoms with Crippen molar-refractivity contribution in [3.05, 3.63) is 108 Å². The Morgan fingerprint density at radius 1 is 0.906 bits per heavy atom. The standard InChI is InChI=1S/C39H39N7O7/c1-39(2,38(49)43-24-35(47)41-3)53-33-15-11-10-14-32(33)52-28-18-16-27(17-19-28)44-36-26(22-40)23-42-30-21-31(34(50-5)20-29(30)36)45(4)46(51-6)37(48)25-12-8-7-9-13-25/h7-21,23H,24H2,1-6H3,(H,41,47)(H,42,44)(H,43,49). The van der Waals surface area contributed by atoms with Gasteiger partial charge in [-0.15, -0.1) is 5.17 Å². The smallest absolute Gasteiger partial charge is 0.297 e. The van der Waals surface area contributed by atoms with Gasteiger partial charge in [0, 0.05) is 36.9 Å². The molecule has 3 N–H and O–H groups in total. The number of nitrogens with zero attached hydrogens (tertiary/aromatic N) is 4. The number of fused-ring (bicyclic) bond motifs is 1. The van der Waals surface area contributed by atoms with Gasteiger partial charge in [-0.1, -0.05) is 30.3 Å². The van der Waals surface area contributed by atoms with E-state index < -0.39 is 11.5 Å². The Balaban J connectivity index is 1.37. The third kappa shape index (κ3) is 8.55. The van der Waals surface area contributed by atoms with Crippen LogP contribution in [0.1, 0.15) is 29.8 Å². The molecule has 53 heavy (non-hydrogen) atoms. The first-order valence-electron chi connectivity index (χ1n) is 16.4. The largest absolute Gasteiger partial charge is 0.494 e. The van der Waals surface area contributed by atoms with Crippen molar-refractivity contribution < 1.29 is 33.4 Å². The minimum Gasteiger partial charge on any atom is -0.494 e. The Morgan fingerprint density at radius 3 is 2.23 bits per heavy atom. The lowest BCUT2D eigenvalue weighted by Gasteiger charge is -2.31. The number of pyridine rings is 1. The van der Waals surface area contributed by atoms with Crippen LogP contribution in [0.25, 0.3) is 10.9 Å². The number of nitriles is 1. The number of hydroxylamine groups is 1. The summed E-state index contributed by atoms with van der Waals surface area (Å²) in [6, 6.07) is 28.4. The number of methoxy groups -OCH3 is 1. The van der Waals surface area contributed by atoms with Crippen molar-refractivity contribution >= 4 is 45.7 Å². The molecule has 0 unspecified atom stereocenters. The quantitative estimate of drug-likeness (QED) is 0.120. The molecule has 0 aliphatic rings. The van der Waals surface area contributed by atoms with E-state index in [1.165, 1.54) is 32.5 Å². The fourth-order valence-electron chi connectivity index (χ4n) is 5.25. The van der Waals surface area contributed by atoms with E-state index in [0.717, 1.165) is 5.17 Å². The molecule has 0 saturated carbocycles. The van der Waals surface area contributed by atoms with Crippen LogP contribution in [0.2, 0.25) is 0 Å². The third-order valence-electron chi connectivity index (χ3n) is 8.08. The normalized spacial score (nSPS) is 10.8. The average molecular weight is 718 g/mol. The van der Waals surface area contributed by atoms with E-state index >= 15 is 0 Å². The highest BCUT2D eigenvalue weighted by atomic mass is 16.7. The number of carbonyl (C=O) groups is 3. The number of anilines is 3. The summed E-state index contributed by atoms with van der Waals surface area (Å²) < 4.78 is 17.9. The van der Waals surface area contributed by atoms with Crippen LogP contribution >= 0.6 is 0 Å². The highest BCUT2D eigenvalue weighted by molar-refractivity contribution is 6.00. The van der Waals surface area contributed by atoms with E-state index in [1.54, 1.807) is 106 Å². The highest BCUT2D eigenvalue weighted by Gasteiger charge is 2.31. The van der Waals surface area contributed by atoms with Gasteiger partial charge in [-0.05, 0) is 74.5 Å². The number of hydrogen-bond acceptors (Lipinski definition) is 11. The van der Waals surface area contributed by atoms with Crippen LogP contribution in [0, 0.1) is 11.3 Å². The van der Waals surface area contributed by atoms with Crippen LogP contribution in [0.15, 0.2) is 97.2 Å². The average Bonchev–Trinajstić information content (AvgIpc) is 3.18. The summed E-state index contributed by atoms with van der Waals surface area (Å²) in [6.45, 7) is 3.01. The number of para-hydroxylation sites is 2. The van der Waals surface area contributed by atoms with Crippen molar-refractivity contribution in [1.82, 2.24) is 20.8 Å². The first-order chi connectivity index (χ1) is 25.5. The Labute approximate surface area is 306 Å². The Hall–Kier alpha value is -6.85. The van der Waals surface area contributed by atoms with Crippen LogP contribution in [-0.4, -0.2) is 68.3 Å². The number of aromatic nitrogens is 1. The van der Waals surface area contributed by atoms with Gasteiger partial charge in [0.25, 0.3) is 11.8 Å². The number of ether oxygens (including phenoxy) is 3. The van der Waals surface area contributed by atoms with Crippen LogP contribution in [-0.2, 0) is 14.4 Å². The van der Waals surface area contributed by atoms with E-state index in [4.69, 9.17) is 19.0 Å². The van der Waals surface area contributed by atoms with E-state index in [-0.39, 0.29) is 18.4 Å². The second-order valence-electron chi connectivity index (χ2n) is 12.0. The summed E-state index contributed by atoms with van der Waals surface area (Å²) in [5.41, 5.74) is 1.59. The molecule has 0 radical (unpaired) electrons. The minimum absolute atomic E-state index is 0.178. The fraction of sp³-hybridized carbons (Fsp3) is 0.205. The number of amides is 3. The summed E-state index contributed by atoms with van der Waals surface area (Å²) in [7, 11) is 6.06. The van der Waals surface area contributed by atoms with E-state index in [1.807, 2.05) is 6.07 Å². The van der Waals surface area contributed by atoms with E-state index in [9.17, 15) is 19.6 Å².